The molecule has 2 aromatic heterocycles. The Labute approximate surface area is 116 Å². The van der Waals surface area contributed by atoms with E-state index in [1.807, 2.05) is 19.9 Å². The lowest BCUT2D eigenvalue weighted by Gasteiger charge is -2.13. The molecule has 1 fully saturated rings. The highest BCUT2D eigenvalue weighted by Crippen LogP contribution is 2.22. The van der Waals surface area contributed by atoms with Crippen molar-refractivity contribution in [2.75, 3.05) is 0 Å². The van der Waals surface area contributed by atoms with Crippen molar-refractivity contribution in [3.8, 4) is 0 Å². The summed E-state index contributed by atoms with van der Waals surface area (Å²) in [5.41, 5.74) is 2.66. The summed E-state index contributed by atoms with van der Waals surface area (Å²) in [6.45, 7) is 3.83. The van der Waals surface area contributed by atoms with Crippen LogP contribution >= 0.6 is 12.2 Å². The van der Waals surface area contributed by atoms with Crippen molar-refractivity contribution < 1.29 is 4.79 Å². The lowest BCUT2D eigenvalue weighted by molar-refractivity contribution is -0.123. The lowest BCUT2D eigenvalue weighted by Crippen LogP contribution is -2.32. The Kier molecular flexibility index (Phi) is 2.89. The Balaban J connectivity index is 2.01. The largest absolute Gasteiger partial charge is 0.352 e. The van der Waals surface area contributed by atoms with Gasteiger partial charge in [0.05, 0.1) is 5.52 Å². The molecular formula is C13H16N4OS. The minimum Gasteiger partial charge on any atom is -0.352 e. The Morgan fingerprint density at radius 2 is 2.37 bits per heavy atom. The van der Waals surface area contributed by atoms with E-state index in [1.54, 1.807) is 10.8 Å². The summed E-state index contributed by atoms with van der Waals surface area (Å²) < 4.78 is 2.31. The maximum absolute atomic E-state index is 12.1. The molecule has 1 unspecified atom stereocenters. The Bertz CT molecular complexity index is 698. The van der Waals surface area contributed by atoms with Crippen molar-refractivity contribution in [1.29, 1.82) is 0 Å². The number of hydrogen-bond donors (Lipinski definition) is 2. The van der Waals surface area contributed by atoms with Crippen molar-refractivity contribution in [2.24, 2.45) is 0 Å². The molecule has 2 aromatic rings. The second-order valence-corrected chi connectivity index (χ2v) is 5.53. The minimum atomic E-state index is -0.350. The third kappa shape index (κ3) is 2.28. The van der Waals surface area contributed by atoms with Gasteiger partial charge in [-0.3, -0.25) is 9.36 Å². The van der Waals surface area contributed by atoms with E-state index in [0.29, 0.717) is 10.8 Å². The number of hydrogen-bond acceptors (Lipinski definition) is 3. The molecule has 0 radical (unpaired) electrons. The van der Waals surface area contributed by atoms with Crippen LogP contribution in [0.2, 0.25) is 0 Å². The fourth-order valence-electron chi connectivity index (χ4n) is 2.14. The van der Waals surface area contributed by atoms with Crippen molar-refractivity contribution in [3.63, 3.8) is 0 Å². The van der Waals surface area contributed by atoms with Gasteiger partial charge < -0.3 is 10.3 Å². The maximum atomic E-state index is 12.1. The van der Waals surface area contributed by atoms with Crippen LogP contribution in [0.3, 0.4) is 0 Å². The number of carbonyl (C=O) groups is 1. The number of fused-ring (bicyclic) bond motifs is 1. The molecule has 19 heavy (non-hydrogen) atoms. The van der Waals surface area contributed by atoms with Crippen molar-refractivity contribution in [2.45, 2.75) is 38.8 Å². The van der Waals surface area contributed by atoms with E-state index in [-0.39, 0.29) is 11.9 Å². The minimum absolute atomic E-state index is 0.00174. The highest BCUT2D eigenvalue weighted by Gasteiger charge is 2.27. The summed E-state index contributed by atoms with van der Waals surface area (Å²) in [7, 11) is 0. The smallest absolute Gasteiger partial charge is 0.243 e. The van der Waals surface area contributed by atoms with Crippen LogP contribution in [0.15, 0.2) is 12.3 Å². The van der Waals surface area contributed by atoms with Gasteiger partial charge >= 0.3 is 0 Å². The third-order valence-corrected chi connectivity index (χ3v) is 3.68. The first-order valence-electron chi connectivity index (χ1n) is 6.43. The molecule has 0 saturated heterocycles. The molecule has 0 aliphatic heterocycles. The zero-order valence-corrected chi connectivity index (χ0v) is 11.8. The monoisotopic (exact) mass is 276 g/mol. The highest BCUT2D eigenvalue weighted by atomic mass is 32.1. The van der Waals surface area contributed by atoms with Crippen LogP contribution in [-0.4, -0.2) is 26.5 Å². The predicted octanol–water partition coefficient (Wildman–Crippen LogP) is 2.24. The summed E-state index contributed by atoms with van der Waals surface area (Å²) in [6, 6.07) is 1.99. The lowest BCUT2D eigenvalue weighted by atomic mass is 10.3. The molecule has 0 bridgehead atoms. The SMILES string of the molecule is Cc1cnc2c(c1)[nH]c(=S)n2C(C)C(=O)NC1CC1. The van der Waals surface area contributed by atoms with E-state index >= 15 is 0 Å². The number of aryl methyl sites for hydroxylation is 1. The molecule has 2 N–H and O–H groups in total. The summed E-state index contributed by atoms with van der Waals surface area (Å²) in [5.74, 6) is 0.00174. The van der Waals surface area contributed by atoms with Gasteiger partial charge in [0.1, 0.15) is 6.04 Å². The van der Waals surface area contributed by atoms with Crippen LogP contribution in [0.4, 0.5) is 0 Å². The summed E-state index contributed by atoms with van der Waals surface area (Å²) >= 11 is 5.31. The second kappa shape index (κ2) is 4.45. The quantitative estimate of drug-likeness (QED) is 0.845. The fraction of sp³-hybridized carbons (Fsp3) is 0.462. The van der Waals surface area contributed by atoms with Gasteiger partial charge in [0, 0.05) is 12.2 Å². The topological polar surface area (TPSA) is 62.7 Å². The average molecular weight is 276 g/mol. The van der Waals surface area contributed by atoms with Crippen molar-refractivity contribution in [3.05, 3.63) is 22.6 Å². The van der Waals surface area contributed by atoms with Crippen molar-refractivity contribution in [1.82, 2.24) is 19.9 Å². The number of imidazole rings is 1. The normalized spacial score (nSPS) is 16.5. The van der Waals surface area contributed by atoms with Gasteiger partial charge in [-0.25, -0.2) is 4.98 Å². The van der Waals surface area contributed by atoms with Crippen LogP contribution in [0.1, 0.15) is 31.4 Å². The van der Waals surface area contributed by atoms with Gasteiger partial charge in [0.15, 0.2) is 10.4 Å². The van der Waals surface area contributed by atoms with Gasteiger partial charge in [-0.15, -0.1) is 0 Å². The second-order valence-electron chi connectivity index (χ2n) is 5.14. The van der Waals surface area contributed by atoms with Crippen LogP contribution in [0, 0.1) is 11.7 Å². The summed E-state index contributed by atoms with van der Waals surface area (Å²) in [6.07, 6.45) is 3.94. The maximum Gasteiger partial charge on any atom is 0.243 e. The van der Waals surface area contributed by atoms with Crippen molar-refractivity contribution >= 4 is 29.3 Å². The number of aromatic amines is 1. The van der Waals surface area contributed by atoms with E-state index in [1.165, 1.54) is 0 Å². The molecule has 2 heterocycles. The molecule has 1 aliphatic rings. The number of nitrogens with one attached hydrogen (secondary N) is 2. The van der Waals surface area contributed by atoms with Gasteiger partial charge in [-0.1, -0.05) is 0 Å². The number of aromatic nitrogens is 3. The molecular weight excluding hydrogens is 260 g/mol. The number of rotatable bonds is 3. The van der Waals surface area contributed by atoms with E-state index < -0.39 is 0 Å². The van der Waals surface area contributed by atoms with Gasteiger partial charge in [0.25, 0.3) is 0 Å². The molecule has 5 nitrogen and oxygen atoms in total. The molecule has 1 aliphatic carbocycles. The van der Waals surface area contributed by atoms with Gasteiger partial charge in [0.2, 0.25) is 5.91 Å². The molecule has 1 atom stereocenters. The summed E-state index contributed by atoms with van der Waals surface area (Å²) in [5, 5.41) is 3.00. The fourth-order valence-corrected chi connectivity index (χ4v) is 2.50. The Morgan fingerprint density at radius 1 is 1.63 bits per heavy atom. The van der Waals surface area contributed by atoms with Gasteiger partial charge in [-0.05, 0) is 50.5 Å². The van der Waals surface area contributed by atoms with Gasteiger partial charge in [-0.2, -0.15) is 0 Å². The zero-order chi connectivity index (χ0) is 13.6. The Morgan fingerprint density at radius 3 is 3.05 bits per heavy atom. The van der Waals surface area contributed by atoms with E-state index in [9.17, 15) is 4.79 Å². The molecule has 0 aromatic carbocycles. The first kappa shape index (κ1) is 12.3. The van der Waals surface area contributed by atoms with Crippen LogP contribution in [0.5, 0.6) is 0 Å². The third-order valence-electron chi connectivity index (χ3n) is 3.38. The van der Waals surface area contributed by atoms with E-state index in [4.69, 9.17) is 12.2 Å². The number of H-pyrrole nitrogens is 1. The molecule has 1 saturated carbocycles. The number of pyridine rings is 1. The standard InChI is InChI=1S/C13H16N4OS/c1-7-5-10-11(14-6-7)17(13(19)16-10)8(2)12(18)15-9-3-4-9/h5-6,8-9H,3-4H2,1-2H3,(H,15,18)(H,16,19). The van der Waals surface area contributed by atoms with Crippen LogP contribution in [0.25, 0.3) is 11.2 Å². The summed E-state index contributed by atoms with van der Waals surface area (Å²) in [4.78, 5) is 19.6. The Hall–Kier alpha value is -1.69. The van der Waals surface area contributed by atoms with E-state index in [2.05, 4.69) is 15.3 Å². The van der Waals surface area contributed by atoms with Crippen LogP contribution in [-0.2, 0) is 4.79 Å². The highest BCUT2D eigenvalue weighted by molar-refractivity contribution is 7.71. The number of carbonyl (C=O) groups excluding carboxylic acids is 1. The van der Waals surface area contributed by atoms with E-state index in [0.717, 1.165) is 29.6 Å². The first-order valence-corrected chi connectivity index (χ1v) is 6.84. The number of amides is 1. The first-order chi connectivity index (χ1) is 9.06. The number of nitrogens with zero attached hydrogens (tertiary/aromatic N) is 2. The average Bonchev–Trinajstić information content (AvgIpc) is 3.10. The molecule has 100 valence electrons. The molecule has 0 spiro atoms. The van der Waals surface area contributed by atoms with Crippen LogP contribution < -0.4 is 5.32 Å². The predicted molar refractivity (Wildman–Crippen MR) is 75.5 cm³/mol. The zero-order valence-electron chi connectivity index (χ0n) is 10.9. The molecule has 6 heteroatoms. The molecule has 3 rings (SSSR count). The molecule has 1 amide bonds.